The highest BCUT2D eigenvalue weighted by Crippen LogP contribution is 2.40. The van der Waals surface area contributed by atoms with Gasteiger partial charge in [-0.2, -0.15) is 0 Å². The Balaban J connectivity index is 1.85. The summed E-state index contributed by atoms with van der Waals surface area (Å²) in [5.74, 6) is 2.59. The molecule has 1 atom stereocenters. The quantitative estimate of drug-likeness (QED) is 0.692. The minimum absolute atomic E-state index is 0.775. The molecule has 24 heavy (non-hydrogen) atoms. The number of nitrogens with one attached hydrogen (secondary N) is 1. The van der Waals surface area contributed by atoms with Crippen LogP contribution in [-0.2, 0) is 19.3 Å². The topological polar surface area (TPSA) is 37.8 Å². The Bertz CT molecular complexity index is 897. The van der Waals surface area contributed by atoms with Crippen molar-refractivity contribution < 1.29 is 0 Å². The predicted molar refractivity (Wildman–Crippen MR) is 102 cm³/mol. The molecule has 0 radical (unpaired) electrons. The van der Waals surface area contributed by atoms with E-state index in [0.29, 0.717) is 0 Å². The number of rotatable bonds is 3. The maximum atomic E-state index is 4.76. The summed E-state index contributed by atoms with van der Waals surface area (Å²) in [7, 11) is 0. The molecule has 1 aliphatic rings. The van der Waals surface area contributed by atoms with Gasteiger partial charge in [-0.25, -0.2) is 9.97 Å². The minimum atomic E-state index is 0.775. The van der Waals surface area contributed by atoms with Crippen LogP contribution in [-0.4, -0.2) is 9.97 Å². The standard InChI is InChI=1S/C20H23N3S/c1-4-14-7-5-6-8-16(14)23-19-18-15-10-9-12(2)11-17(15)24-20(18)22-13(3)21-19/h5-8,12H,4,9-11H2,1-3H3,(H,21,22,23)/t12-/m0/s1. The molecule has 4 rings (SSSR count). The number of aromatic nitrogens is 2. The van der Waals surface area contributed by atoms with E-state index < -0.39 is 0 Å². The van der Waals surface area contributed by atoms with E-state index in [9.17, 15) is 0 Å². The second-order valence-electron chi connectivity index (χ2n) is 6.79. The lowest BCUT2D eigenvalue weighted by Gasteiger charge is -2.18. The molecule has 0 saturated heterocycles. The number of hydrogen-bond donors (Lipinski definition) is 1. The van der Waals surface area contributed by atoms with Gasteiger partial charge >= 0.3 is 0 Å². The van der Waals surface area contributed by atoms with Crippen LogP contribution in [0.1, 0.15) is 42.1 Å². The monoisotopic (exact) mass is 337 g/mol. The molecule has 1 aromatic carbocycles. The number of para-hydroxylation sites is 1. The molecule has 0 amide bonds. The van der Waals surface area contributed by atoms with Crippen molar-refractivity contribution in [3.63, 3.8) is 0 Å². The van der Waals surface area contributed by atoms with Crippen LogP contribution in [0.4, 0.5) is 11.5 Å². The van der Waals surface area contributed by atoms with Gasteiger partial charge in [-0.15, -0.1) is 11.3 Å². The summed E-state index contributed by atoms with van der Waals surface area (Å²) in [4.78, 5) is 12.1. The molecule has 0 fully saturated rings. The summed E-state index contributed by atoms with van der Waals surface area (Å²) in [5.41, 5.74) is 3.95. The number of anilines is 2. The molecule has 0 spiro atoms. The highest BCUT2D eigenvalue weighted by molar-refractivity contribution is 7.19. The van der Waals surface area contributed by atoms with Crippen LogP contribution in [0.2, 0.25) is 0 Å². The van der Waals surface area contributed by atoms with E-state index in [-0.39, 0.29) is 0 Å². The highest BCUT2D eigenvalue weighted by Gasteiger charge is 2.23. The first-order valence-electron chi connectivity index (χ1n) is 8.79. The van der Waals surface area contributed by atoms with Crippen molar-refractivity contribution >= 4 is 33.1 Å². The van der Waals surface area contributed by atoms with Crippen molar-refractivity contribution in [2.24, 2.45) is 5.92 Å². The van der Waals surface area contributed by atoms with Gasteiger partial charge in [0.25, 0.3) is 0 Å². The van der Waals surface area contributed by atoms with Crippen LogP contribution in [0.5, 0.6) is 0 Å². The Morgan fingerprint density at radius 3 is 2.92 bits per heavy atom. The maximum absolute atomic E-state index is 4.76. The van der Waals surface area contributed by atoms with Crippen molar-refractivity contribution in [2.45, 2.75) is 46.5 Å². The molecular formula is C20H23N3S. The van der Waals surface area contributed by atoms with E-state index in [1.165, 1.54) is 34.2 Å². The average molecular weight is 337 g/mol. The summed E-state index contributed by atoms with van der Waals surface area (Å²) >= 11 is 1.86. The molecule has 124 valence electrons. The maximum Gasteiger partial charge on any atom is 0.143 e. The van der Waals surface area contributed by atoms with Crippen LogP contribution >= 0.6 is 11.3 Å². The fraction of sp³-hybridized carbons (Fsp3) is 0.400. The zero-order valence-electron chi connectivity index (χ0n) is 14.5. The van der Waals surface area contributed by atoms with Gasteiger partial charge < -0.3 is 5.32 Å². The number of aryl methyl sites for hydroxylation is 3. The highest BCUT2D eigenvalue weighted by atomic mass is 32.1. The van der Waals surface area contributed by atoms with E-state index in [0.717, 1.165) is 40.9 Å². The Kier molecular flexibility index (Phi) is 4.01. The third kappa shape index (κ3) is 2.69. The summed E-state index contributed by atoms with van der Waals surface area (Å²) in [5, 5.41) is 4.86. The van der Waals surface area contributed by atoms with E-state index in [1.54, 1.807) is 0 Å². The smallest absolute Gasteiger partial charge is 0.143 e. The molecule has 1 aliphatic carbocycles. The molecule has 0 bridgehead atoms. The third-order valence-corrected chi connectivity index (χ3v) is 6.07. The third-order valence-electron chi connectivity index (χ3n) is 4.92. The molecular weight excluding hydrogens is 314 g/mol. The number of fused-ring (bicyclic) bond motifs is 3. The summed E-state index contributed by atoms with van der Waals surface area (Å²) in [6.07, 6.45) is 4.60. The molecule has 4 heteroatoms. The Hall–Kier alpha value is -1.94. The molecule has 0 saturated carbocycles. The fourth-order valence-electron chi connectivity index (χ4n) is 3.62. The predicted octanol–water partition coefficient (Wildman–Crippen LogP) is 5.43. The van der Waals surface area contributed by atoms with E-state index >= 15 is 0 Å². The van der Waals surface area contributed by atoms with Gasteiger partial charge in [0.2, 0.25) is 0 Å². The molecule has 0 aliphatic heterocycles. The summed E-state index contributed by atoms with van der Waals surface area (Å²) in [6, 6.07) is 8.50. The van der Waals surface area contributed by atoms with Gasteiger partial charge in [0.1, 0.15) is 16.5 Å². The Labute approximate surface area is 147 Å². The summed E-state index contributed by atoms with van der Waals surface area (Å²) < 4.78 is 0. The van der Waals surface area contributed by atoms with Crippen molar-refractivity contribution in [1.82, 2.24) is 9.97 Å². The molecule has 0 unspecified atom stereocenters. The van der Waals surface area contributed by atoms with Crippen molar-refractivity contribution in [3.8, 4) is 0 Å². The minimum Gasteiger partial charge on any atom is -0.339 e. The van der Waals surface area contributed by atoms with E-state index in [2.05, 4.69) is 43.4 Å². The largest absolute Gasteiger partial charge is 0.339 e. The van der Waals surface area contributed by atoms with Gasteiger partial charge in [-0.1, -0.05) is 32.0 Å². The second kappa shape index (κ2) is 6.17. The van der Waals surface area contributed by atoms with Gasteiger partial charge in [0, 0.05) is 10.6 Å². The molecule has 3 aromatic rings. The zero-order chi connectivity index (χ0) is 16.7. The number of hydrogen-bond acceptors (Lipinski definition) is 4. The van der Waals surface area contributed by atoms with Gasteiger partial charge in [-0.05, 0) is 55.7 Å². The first kappa shape index (κ1) is 15.6. The van der Waals surface area contributed by atoms with E-state index in [1.807, 2.05) is 18.3 Å². The summed E-state index contributed by atoms with van der Waals surface area (Å²) in [6.45, 7) is 6.52. The number of nitrogens with zero attached hydrogens (tertiary/aromatic N) is 2. The van der Waals surface area contributed by atoms with Crippen molar-refractivity contribution in [3.05, 3.63) is 46.1 Å². The Morgan fingerprint density at radius 1 is 1.25 bits per heavy atom. The van der Waals surface area contributed by atoms with Crippen LogP contribution in [0.15, 0.2) is 24.3 Å². The van der Waals surface area contributed by atoms with Crippen LogP contribution in [0, 0.1) is 12.8 Å². The first-order chi connectivity index (χ1) is 11.7. The van der Waals surface area contributed by atoms with Crippen molar-refractivity contribution in [2.75, 3.05) is 5.32 Å². The van der Waals surface area contributed by atoms with Gasteiger partial charge in [0.05, 0.1) is 5.39 Å². The molecule has 1 N–H and O–H groups in total. The van der Waals surface area contributed by atoms with E-state index in [4.69, 9.17) is 9.97 Å². The number of thiophene rings is 1. The first-order valence-corrected chi connectivity index (χ1v) is 9.61. The van der Waals surface area contributed by atoms with Crippen LogP contribution in [0.25, 0.3) is 10.2 Å². The lowest BCUT2D eigenvalue weighted by molar-refractivity contribution is 0.509. The van der Waals surface area contributed by atoms with Gasteiger partial charge in [0.15, 0.2) is 0 Å². The van der Waals surface area contributed by atoms with Gasteiger partial charge in [-0.3, -0.25) is 0 Å². The Morgan fingerprint density at radius 2 is 2.08 bits per heavy atom. The van der Waals surface area contributed by atoms with Crippen LogP contribution in [0.3, 0.4) is 0 Å². The number of benzene rings is 1. The van der Waals surface area contributed by atoms with Crippen molar-refractivity contribution in [1.29, 1.82) is 0 Å². The normalized spacial score (nSPS) is 17.0. The zero-order valence-corrected chi connectivity index (χ0v) is 15.3. The molecule has 2 aromatic heterocycles. The molecule has 3 nitrogen and oxygen atoms in total. The van der Waals surface area contributed by atoms with Crippen LogP contribution < -0.4 is 5.32 Å². The second-order valence-corrected chi connectivity index (χ2v) is 7.87. The fourth-order valence-corrected chi connectivity index (χ4v) is 5.05. The lowest BCUT2D eigenvalue weighted by atomic mass is 9.89. The molecule has 2 heterocycles. The lowest BCUT2D eigenvalue weighted by Crippen LogP contribution is -2.09. The SMILES string of the molecule is CCc1ccccc1Nc1nc(C)nc2sc3c(c12)CC[C@H](C)C3. The average Bonchev–Trinajstić information content (AvgIpc) is 2.92.